The largest absolute Gasteiger partial charge is 0.586 e. The molecule has 1 aliphatic heterocycles. The summed E-state index contributed by atoms with van der Waals surface area (Å²) in [4.78, 5) is 24.6. The van der Waals surface area contributed by atoms with E-state index in [-0.39, 0.29) is 23.3 Å². The van der Waals surface area contributed by atoms with Gasteiger partial charge in [-0.05, 0) is 55.4 Å². The molecular formula is C21H21F2N5O4S. The van der Waals surface area contributed by atoms with Crippen molar-refractivity contribution in [2.45, 2.75) is 32.0 Å². The molecule has 1 amide bonds. The van der Waals surface area contributed by atoms with E-state index in [1.165, 1.54) is 18.5 Å². The average Bonchev–Trinajstić information content (AvgIpc) is 3.31. The Hall–Kier alpha value is -3.12. The Morgan fingerprint density at radius 3 is 3.00 bits per heavy atom. The van der Waals surface area contributed by atoms with Crippen molar-refractivity contribution in [3.05, 3.63) is 35.8 Å². The first-order valence-electron chi connectivity index (χ1n) is 10.5. The van der Waals surface area contributed by atoms with Crippen LogP contribution in [0.2, 0.25) is 0 Å². The van der Waals surface area contributed by atoms with Gasteiger partial charge in [-0.2, -0.15) is 0 Å². The van der Waals surface area contributed by atoms with Gasteiger partial charge >= 0.3 is 6.29 Å². The second-order valence-corrected chi connectivity index (χ2v) is 8.57. The number of amides is 1. The number of aromatic nitrogens is 3. The number of ether oxygens (including phenoxy) is 2. The highest BCUT2D eigenvalue weighted by Crippen LogP contribution is 2.43. The molecule has 3 heterocycles. The lowest BCUT2D eigenvalue weighted by atomic mass is 9.86. The standard InChI is InChI=1S/C21H21F2N5O4S/c22-21(23)31-15-5-3-12(9-16(15)32-21)27-18-17-13-8-11(20(29)24-6-1-7-33-30)2-4-14(13)28-19(17)26-10-25-18/h3,5,9-11,30H,1-2,4,6-8H2,(H,24,29)(H2,25,26,27,28). The van der Waals surface area contributed by atoms with Crippen LogP contribution in [0.3, 0.4) is 0 Å². The van der Waals surface area contributed by atoms with Crippen LogP contribution in [0.5, 0.6) is 11.5 Å². The molecule has 33 heavy (non-hydrogen) atoms. The van der Waals surface area contributed by atoms with Gasteiger partial charge in [-0.3, -0.25) is 4.79 Å². The molecule has 9 nitrogen and oxygen atoms in total. The number of rotatable bonds is 7. The van der Waals surface area contributed by atoms with Gasteiger partial charge in [0.2, 0.25) is 5.91 Å². The van der Waals surface area contributed by atoms with Gasteiger partial charge in [-0.15, -0.1) is 8.78 Å². The number of nitrogens with one attached hydrogen (secondary N) is 3. The van der Waals surface area contributed by atoms with Gasteiger partial charge in [-0.1, -0.05) is 0 Å². The average molecular weight is 477 g/mol. The molecule has 0 saturated heterocycles. The lowest BCUT2D eigenvalue weighted by Crippen LogP contribution is -2.34. The van der Waals surface area contributed by atoms with Gasteiger partial charge in [0.1, 0.15) is 17.8 Å². The van der Waals surface area contributed by atoms with Crippen LogP contribution >= 0.6 is 12.0 Å². The summed E-state index contributed by atoms with van der Waals surface area (Å²) in [6, 6.07) is 4.42. The summed E-state index contributed by atoms with van der Waals surface area (Å²) < 4.78 is 44.4. The van der Waals surface area contributed by atoms with Crippen molar-refractivity contribution in [2.24, 2.45) is 5.92 Å². The zero-order valence-corrected chi connectivity index (χ0v) is 18.2. The molecule has 3 aromatic rings. The van der Waals surface area contributed by atoms with Crippen molar-refractivity contribution in [2.75, 3.05) is 17.6 Å². The molecule has 1 aromatic carbocycles. The van der Waals surface area contributed by atoms with Crippen LogP contribution in [0.1, 0.15) is 24.1 Å². The Balaban J connectivity index is 1.38. The summed E-state index contributed by atoms with van der Waals surface area (Å²) in [7, 11) is 0. The monoisotopic (exact) mass is 477 g/mol. The number of alkyl halides is 2. The minimum Gasteiger partial charge on any atom is -0.395 e. The summed E-state index contributed by atoms with van der Waals surface area (Å²) in [5.41, 5.74) is 3.12. The third kappa shape index (κ3) is 4.40. The highest BCUT2D eigenvalue weighted by molar-refractivity contribution is 7.93. The summed E-state index contributed by atoms with van der Waals surface area (Å²) in [6.07, 6.45) is 0.376. The number of hydrogen-bond acceptors (Lipinski definition) is 8. The van der Waals surface area contributed by atoms with Crippen molar-refractivity contribution in [1.29, 1.82) is 0 Å². The number of nitrogens with zero attached hydrogens (tertiary/aromatic N) is 2. The number of benzene rings is 1. The van der Waals surface area contributed by atoms with Gasteiger partial charge < -0.3 is 29.6 Å². The fourth-order valence-corrected chi connectivity index (χ4v) is 4.49. The Labute approximate surface area is 191 Å². The normalized spacial score (nSPS) is 18.2. The second kappa shape index (κ2) is 8.67. The molecule has 174 valence electrons. The number of carbonyl (C=O) groups is 1. The predicted molar refractivity (Wildman–Crippen MR) is 118 cm³/mol. The number of hydrogen-bond donors (Lipinski definition) is 4. The van der Waals surface area contributed by atoms with Gasteiger partial charge in [-0.25, -0.2) is 9.97 Å². The molecule has 4 N–H and O–H groups in total. The number of anilines is 2. The first-order chi connectivity index (χ1) is 15.9. The van der Waals surface area contributed by atoms with Crippen LogP contribution < -0.4 is 20.1 Å². The SMILES string of the molecule is O=C(NCCCSO)C1CCc2[nH]c3ncnc(Nc4ccc5c(c4)OC(F)(F)O5)c3c2C1. The van der Waals surface area contributed by atoms with E-state index in [1.54, 1.807) is 6.07 Å². The number of aromatic amines is 1. The fraction of sp³-hybridized carbons (Fsp3) is 0.381. The summed E-state index contributed by atoms with van der Waals surface area (Å²) in [5, 5.41) is 6.86. The smallest absolute Gasteiger partial charge is 0.395 e. The lowest BCUT2D eigenvalue weighted by molar-refractivity contribution is -0.286. The Morgan fingerprint density at radius 1 is 1.30 bits per heavy atom. The van der Waals surface area contributed by atoms with Crippen LogP contribution in [-0.4, -0.2) is 44.0 Å². The van der Waals surface area contributed by atoms with E-state index < -0.39 is 6.29 Å². The minimum atomic E-state index is -3.69. The topological polar surface area (TPSA) is 121 Å². The zero-order valence-electron chi connectivity index (χ0n) is 17.4. The fourth-order valence-electron chi connectivity index (χ4n) is 4.22. The van der Waals surface area contributed by atoms with Crippen molar-refractivity contribution in [3.8, 4) is 11.5 Å². The molecule has 1 atom stereocenters. The van der Waals surface area contributed by atoms with Crippen molar-refractivity contribution >= 4 is 40.5 Å². The van der Waals surface area contributed by atoms with E-state index in [4.69, 9.17) is 4.55 Å². The zero-order chi connectivity index (χ0) is 23.0. The maximum atomic E-state index is 13.3. The molecule has 0 radical (unpaired) electrons. The molecule has 1 aliphatic carbocycles. The molecule has 12 heteroatoms. The maximum Gasteiger partial charge on any atom is 0.586 e. The van der Waals surface area contributed by atoms with Gasteiger partial charge in [0.05, 0.1) is 5.39 Å². The van der Waals surface area contributed by atoms with E-state index in [9.17, 15) is 13.6 Å². The van der Waals surface area contributed by atoms with Gasteiger partial charge in [0, 0.05) is 35.7 Å². The number of aryl methyl sites for hydroxylation is 1. The van der Waals surface area contributed by atoms with Crippen molar-refractivity contribution in [1.82, 2.24) is 20.3 Å². The third-order valence-electron chi connectivity index (χ3n) is 5.72. The highest BCUT2D eigenvalue weighted by Gasteiger charge is 2.43. The molecule has 1 unspecified atom stereocenters. The molecular weight excluding hydrogens is 456 g/mol. The Kier molecular flexibility index (Phi) is 5.71. The maximum absolute atomic E-state index is 13.3. The first-order valence-corrected chi connectivity index (χ1v) is 11.4. The second-order valence-electron chi connectivity index (χ2n) is 7.90. The van der Waals surface area contributed by atoms with E-state index in [1.807, 2.05) is 0 Å². The van der Waals surface area contributed by atoms with Crippen LogP contribution in [0, 0.1) is 5.92 Å². The molecule has 0 spiro atoms. The summed E-state index contributed by atoms with van der Waals surface area (Å²) in [6.45, 7) is 0.517. The minimum absolute atomic E-state index is 0.0130. The van der Waals surface area contributed by atoms with E-state index in [0.717, 1.165) is 28.7 Å². The Bertz CT molecular complexity index is 1200. The molecule has 2 aliphatic rings. The summed E-state index contributed by atoms with van der Waals surface area (Å²) in [5.74, 6) is 0.775. The summed E-state index contributed by atoms with van der Waals surface area (Å²) >= 11 is 0.763. The van der Waals surface area contributed by atoms with Crippen LogP contribution in [0.15, 0.2) is 24.5 Å². The lowest BCUT2D eigenvalue weighted by Gasteiger charge is -2.22. The van der Waals surface area contributed by atoms with Crippen LogP contribution in [0.25, 0.3) is 11.0 Å². The molecule has 0 saturated carbocycles. The highest BCUT2D eigenvalue weighted by atomic mass is 32.2. The van der Waals surface area contributed by atoms with E-state index in [2.05, 4.69) is 35.1 Å². The van der Waals surface area contributed by atoms with Crippen LogP contribution in [0.4, 0.5) is 20.3 Å². The number of carbonyl (C=O) groups excluding carboxylic acids is 1. The number of H-pyrrole nitrogens is 1. The predicted octanol–water partition coefficient (Wildman–Crippen LogP) is 3.84. The molecule has 2 aromatic heterocycles. The van der Waals surface area contributed by atoms with Crippen molar-refractivity contribution < 1.29 is 27.6 Å². The van der Waals surface area contributed by atoms with Gasteiger partial charge in [0.15, 0.2) is 11.5 Å². The van der Waals surface area contributed by atoms with Crippen molar-refractivity contribution in [3.63, 3.8) is 0 Å². The molecule has 5 rings (SSSR count). The number of halogens is 2. The quantitative estimate of drug-likeness (QED) is 0.299. The van der Waals surface area contributed by atoms with Gasteiger partial charge in [0.25, 0.3) is 0 Å². The van der Waals surface area contributed by atoms with E-state index in [0.29, 0.717) is 55.1 Å². The Morgan fingerprint density at radius 2 is 2.15 bits per heavy atom. The molecule has 0 bridgehead atoms. The third-order valence-corrected chi connectivity index (χ3v) is 6.19. The number of fused-ring (bicyclic) bond motifs is 4. The first kappa shape index (κ1) is 21.7. The van der Waals surface area contributed by atoms with Crippen LogP contribution in [-0.2, 0) is 17.6 Å². The van der Waals surface area contributed by atoms with E-state index >= 15 is 0 Å². The molecule has 0 fully saturated rings.